The molecule has 13 nitrogen and oxygen atoms in total. The van der Waals surface area contributed by atoms with Crippen molar-refractivity contribution in [2.45, 2.75) is 76.0 Å². The molecule has 0 radical (unpaired) electrons. The van der Waals surface area contributed by atoms with E-state index < -0.39 is 41.1 Å². The van der Waals surface area contributed by atoms with Crippen molar-refractivity contribution in [1.82, 2.24) is 36.3 Å². The summed E-state index contributed by atoms with van der Waals surface area (Å²) in [4.78, 5) is 62.2. The number of allylic oxidation sites excluding steroid dienone is 2. The molecule has 4 amide bonds. The molecule has 4 atom stereocenters. The first-order chi connectivity index (χ1) is 17.7. The number of fused-ring (bicyclic) bond motifs is 2. The van der Waals surface area contributed by atoms with Gasteiger partial charge in [-0.1, -0.05) is 17.4 Å². The Labute approximate surface area is 219 Å². The van der Waals surface area contributed by atoms with Crippen molar-refractivity contribution in [3.05, 3.63) is 24.0 Å². The van der Waals surface area contributed by atoms with Crippen LogP contribution in [0.3, 0.4) is 0 Å². The molecular formula is C23H33N7O6S. The molecule has 0 spiro atoms. The zero-order valence-electron chi connectivity index (χ0n) is 20.4. The highest BCUT2D eigenvalue weighted by atomic mass is 32.1. The SMILES string of the molecule is O=C(O)N[C@H]1Cc2cn(nn2)CCCNC(=O)CC[C@@H](C(=O)S)NC(=O)[C@H](C[C@@H]2C=CCCC2)NC1=O. The molecule has 0 saturated carbocycles. The first-order valence-electron chi connectivity index (χ1n) is 12.4. The number of aromatic nitrogens is 3. The molecule has 0 saturated heterocycles. The predicted molar refractivity (Wildman–Crippen MR) is 134 cm³/mol. The highest BCUT2D eigenvalue weighted by molar-refractivity contribution is 7.96. The lowest BCUT2D eigenvalue weighted by Gasteiger charge is -2.27. The third-order valence-corrected chi connectivity index (χ3v) is 6.61. The van der Waals surface area contributed by atoms with E-state index in [0.29, 0.717) is 25.2 Å². The Bertz CT molecular complexity index is 1030. The molecule has 1 aromatic heterocycles. The van der Waals surface area contributed by atoms with Crippen LogP contribution in [0, 0.1) is 5.92 Å². The van der Waals surface area contributed by atoms with Crippen molar-refractivity contribution in [3.8, 4) is 0 Å². The van der Waals surface area contributed by atoms with E-state index >= 15 is 0 Å². The number of carbonyl (C=O) groups excluding carboxylic acids is 4. The molecular weight excluding hydrogens is 502 g/mol. The van der Waals surface area contributed by atoms with Gasteiger partial charge in [-0.2, -0.15) is 0 Å². The number of nitrogens with one attached hydrogen (secondary N) is 4. The zero-order chi connectivity index (χ0) is 26.8. The van der Waals surface area contributed by atoms with Crippen molar-refractivity contribution in [2.24, 2.45) is 5.92 Å². The van der Waals surface area contributed by atoms with E-state index in [1.54, 1.807) is 10.9 Å². The zero-order valence-corrected chi connectivity index (χ0v) is 21.3. The van der Waals surface area contributed by atoms with Gasteiger partial charge in [0.2, 0.25) is 22.8 Å². The van der Waals surface area contributed by atoms with E-state index in [4.69, 9.17) is 0 Å². The van der Waals surface area contributed by atoms with E-state index in [1.807, 2.05) is 12.2 Å². The number of hydrogen-bond acceptors (Lipinski definition) is 7. The van der Waals surface area contributed by atoms with Crippen LogP contribution in [0.1, 0.15) is 50.6 Å². The molecule has 2 aliphatic rings. The van der Waals surface area contributed by atoms with Crippen LogP contribution in [0.4, 0.5) is 4.79 Å². The number of carboxylic acid groups (broad SMARTS) is 1. The lowest BCUT2D eigenvalue weighted by atomic mass is 9.89. The van der Waals surface area contributed by atoms with Crippen molar-refractivity contribution in [3.63, 3.8) is 0 Å². The van der Waals surface area contributed by atoms with Gasteiger partial charge in [0.25, 0.3) is 0 Å². The summed E-state index contributed by atoms with van der Waals surface area (Å²) in [7, 11) is 0. The summed E-state index contributed by atoms with van der Waals surface area (Å²) in [6.45, 7) is 0.809. The van der Waals surface area contributed by atoms with Gasteiger partial charge in [-0.05, 0) is 44.4 Å². The smallest absolute Gasteiger partial charge is 0.405 e. The van der Waals surface area contributed by atoms with Gasteiger partial charge in [0.05, 0.1) is 11.7 Å². The van der Waals surface area contributed by atoms with E-state index in [2.05, 4.69) is 44.2 Å². The summed E-state index contributed by atoms with van der Waals surface area (Å²) in [5, 5.41) is 26.9. The van der Waals surface area contributed by atoms with E-state index in [9.17, 15) is 29.1 Å². The van der Waals surface area contributed by atoms with Gasteiger partial charge in [0, 0.05) is 32.1 Å². The van der Waals surface area contributed by atoms with Gasteiger partial charge in [-0.25, -0.2) is 4.79 Å². The molecule has 202 valence electrons. The van der Waals surface area contributed by atoms with Crippen molar-refractivity contribution in [1.29, 1.82) is 0 Å². The second-order valence-corrected chi connectivity index (χ2v) is 9.68. The molecule has 0 unspecified atom stereocenters. The van der Waals surface area contributed by atoms with Crippen LogP contribution >= 0.6 is 12.6 Å². The first kappa shape index (κ1) is 28.2. The Morgan fingerprint density at radius 2 is 1.97 bits per heavy atom. The average Bonchev–Trinajstić information content (AvgIpc) is 3.30. The van der Waals surface area contributed by atoms with E-state index in [0.717, 1.165) is 19.3 Å². The summed E-state index contributed by atoms with van der Waals surface area (Å²) in [6, 6.07) is -3.29. The molecule has 0 fully saturated rings. The van der Waals surface area contributed by atoms with Gasteiger partial charge < -0.3 is 26.4 Å². The van der Waals surface area contributed by atoms with Crippen LogP contribution in [0.2, 0.25) is 0 Å². The monoisotopic (exact) mass is 535 g/mol. The van der Waals surface area contributed by atoms with Gasteiger partial charge in [0.15, 0.2) is 0 Å². The highest BCUT2D eigenvalue weighted by Crippen LogP contribution is 2.22. The molecule has 1 aliphatic carbocycles. The fraction of sp³-hybridized carbons (Fsp3) is 0.609. The van der Waals surface area contributed by atoms with Crippen molar-refractivity contribution >= 4 is 41.6 Å². The fourth-order valence-electron chi connectivity index (χ4n) is 4.36. The van der Waals surface area contributed by atoms with Gasteiger partial charge in [0.1, 0.15) is 12.1 Å². The number of nitrogens with zero attached hydrogens (tertiary/aromatic N) is 3. The van der Waals surface area contributed by atoms with Gasteiger partial charge >= 0.3 is 6.09 Å². The Morgan fingerprint density at radius 1 is 1.16 bits per heavy atom. The quantitative estimate of drug-likeness (QED) is 0.228. The number of amides is 4. The second kappa shape index (κ2) is 13.8. The van der Waals surface area contributed by atoms with E-state index in [-0.39, 0.29) is 37.5 Å². The highest BCUT2D eigenvalue weighted by Gasteiger charge is 2.31. The van der Waals surface area contributed by atoms with Crippen LogP contribution in [0.15, 0.2) is 18.3 Å². The maximum atomic E-state index is 13.3. The Kier molecular flexibility index (Phi) is 10.5. The topological polar surface area (TPSA) is 184 Å². The largest absolute Gasteiger partial charge is 0.465 e. The minimum Gasteiger partial charge on any atom is -0.465 e. The summed E-state index contributed by atoms with van der Waals surface area (Å²) >= 11 is 3.87. The number of aryl methyl sites for hydroxylation is 1. The Morgan fingerprint density at radius 3 is 2.68 bits per heavy atom. The molecule has 14 heteroatoms. The van der Waals surface area contributed by atoms with Gasteiger partial charge in [-0.15, -0.1) is 17.7 Å². The lowest BCUT2D eigenvalue weighted by Crippen LogP contribution is -2.56. The average molecular weight is 536 g/mol. The fourth-order valence-corrected chi connectivity index (χ4v) is 4.55. The van der Waals surface area contributed by atoms with Crippen LogP contribution in [0.25, 0.3) is 0 Å². The third-order valence-electron chi connectivity index (χ3n) is 6.30. The Hall–Kier alpha value is -3.42. The standard InChI is InChI=1S/C23H33N7O6S/c31-19-8-7-16(22(34)37)25-20(32)17(11-14-5-2-1-3-6-14)26-21(33)18(27-23(35)36)12-15-13-30(29-28-15)10-4-9-24-19/h2,5,13-14,16-18,27H,1,3-4,6-12H2,(H,24,31)(H,25,32)(H,26,33)(H,34,37)(H,35,36)/t14-,16+,17+,18+/m1/s1. The van der Waals surface area contributed by atoms with Crippen LogP contribution < -0.4 is 21.3 Å². The Balaban J connectivity index is 1.86. The van der Waals surface area contributed by atoms with Crippen molar-refractivity contribution in [2.75, 3.05) is 6.54 Å². The number of hydrogen-bond donors (Lipinski definition) is 6. The molecule has 2 heterocycles. The van der Waals surface area contributed by atoms with Gasteiger partial charge in [-0.3, -0.25) is 23.9 Å². The molecule has 0 aromatic carbocycles. The number of carbonyl (C=O) groups is 5. The summed E-state index contributed by atoms with van der Waals surface area (Å²) in [6.07, 6.45) is 7.69. The summed E-state index contributed by atoms with van der Waals surface area (Å²) in [5.74, 6) is -1.56. The second-order valence-electron chi connectivity index (χ2n) is 9.24. The van der Waals surface area contributed by atoms with Crippen LogP contribution in [0.5, 0.6) is 0 Å². The number of rotatable bonds is 4. The summed E-state index contributed by atoms with van der Waals surface area (Å²) < 4.78 is 1.54. The first-order valence-corrected chi connectivity index (χ1v) is 12.8. The van der Waals surface area contributed by atoms with E-state index in [1.165, 1.54) is 0 Å². The van der Waals surface area contributed by atoms with Crippen molar-refractivity contribution < 1.29 is 29.1 Å². The summed E-state index contributed by atoms with van der Waals surface area (Å²) in [5.41, 5.74) is 0.385. The molecule has 5 N–H and O–H groups in total. The minimum absolute atomic E-state index is 0.00227. The molecule has 3 rings (SSSR count). The third kappa shape index (κ3) is 9.19. The predicted octanol–water partition coefficient (Wildman–Crippen LogP) is -0.0707. The molecule has 1 aliphatic heterocycles. The molecule has 2 bridgehead atoms. The normalized spacial score (nSPS) is 26.1. The maximum absolute atomic E-state index is 13.3. The number of thiol groups is 1. The van der Waals surface area contributed by atoms with Crippen LogP contribution in [-0.4, -0.2) is 73.7 Å². The lowest BCUT2D eigenvalue weighted by molar-refractivity contribution is -0.131. The minimum atomic E-state index is -1.40. The molecule has 37 heavy (non-hydrogen) atoms. The molecule has 1 aromatic rings. The maximum Gasteiger partial charge on any atom is 0.405 e. The van der Waals surface area contributed by atoms with Crippen LogP contribution in [-0.2, 0) is 32.1 Å².